The molecule has 3 rings (SSSR count). The maximum Gasteiger partial charge on any atom is 0.227 e. The third kappa shape index (κ3) is 7.59. The summed E-state index contributed by atoms with van der Waals surface area (Å²) >= 11 is 0. The summed E-state index contributed by atoms with van der Waals surface area (Å²) in [6.45, 7) is 12.8. The molecule has 6 nitrogen and oxygen atoms in total. The largest absolute Gasteiger partial charge is 0.438 e. The molecule has 2 aromatic carbocycles. The van der Waals surface area contributed by atoms with E-state index in [9.17, 15) is 13.9 Å². The van der Waals surface area contributed by atoms with E-state index in [1.807, 2.05) is 41.5 Å². The van der Waals surface area contributed by atoms with Gasteiger partial charge < -0.3 is 14.6 Å². The molecule has 1 atom stereocenters. The Balaban J connectivity index is 1.95. The molecule has 190 valence electrons. The van der Waals surface area contributed by atoms with Gasteiger partial charge in [0.25, 0.3) is 0 Å². The van der Waals surface area contributed by atoms with Crippen molar-refractivity contribution in [2.75, 3.05) is 13.2 Å². The molecule has 1 aromatic heterocycles. The number of nitrogens with zero attached hydrogens (tertiary/aromatic N) is 3. The predicted octanol–water partition coefficient (Wildman–Crippen LogP) is 5.64. The van der Waals surface area contributed by atoms with Crippen LogP contribution in [0.15, 0.2) is 48.5 Å². The molecule has 1 heterocycles. The zero-order valence-corrected chi connectivity index (χ0v) is 21.3. The highest BCUT2D eigenvalue weighted by molar-refractivity contribution is 5.43. The molecule has 3 aromatic rings. The lowest BCUT2D eigenvalue weighted by Gasteiger charge is -2.30. The zero-order chi connectivity index (χ0) is 25.8. The fraction of sp³-hybridized carbons (Fsp3) is 0.444. The Morgan fingerprint density at radius 2 is 1.74 bits per heavy atom. The van der Waals surface area contributed by atoms with Gasteiger partial charge in [-0.25, -0.2) is 13.5 Å². The summed E-state index contributed by atoms with van der Waals surface area (Å²) < 4.78 is 40.9. The average molecular weight is 488 g/mol. The van der Waals surface area contributed by atoms with Crippen molar-refractivity contribution in [3.63, 3.8) is 0 Å². The highest BCUT2D eigenvalue weighted by atomic mass is 19.1. The minimum Gasteiger partial charge on any atom is -0.438 e. The molecular formula is C27H35F2N3O3. The smallest absolute Gasteiger partial charge is 0.227 e. The number of ether oxygens (including phenoxy) is 2. The Hall–Kier alpha value is -2.81. The van der Waals surface area contributed by atoms with E-state index in [4.69, 9.17) is 9.47 Å². The third-order valence-electron chi connectivity index (χ3n) is 5.46. The van der Waals surface area contributed by atoms with Gasteiger partial charge >= 0.3 is 0 Å². The van der Waals surface area contributed by atoms with Crippen LogP contribution in [-0.4, -0.2) is 50.7 Å². The molecule has 1 N–H and O–H groups in total. The van der Waals surface area contributed by atoms with E-state index in [0.717, 1.165) is 5.56 Å². The predicted molar refractivity (Wildman–Crippen MR) is 132 cm³/mol. The van der Waals surface area contributed by atoms with Crippen LogP contribution in [0.3, 0.4) is 0 Å². The Kier molecular flexibility index (Phi) is 8.64. The SMILES string of the molecule is Cc1nn(-c2ccc(F)cc2)c(Oc2cccc(F)c2)c1CN(C[C@@H](O)COC(C)(C)C)C(C)C. The van der Waals surface area contributed by atoms with Crippen LogP contribution in [0.4, 0.5) is 8.78 Å². The number of hydrogen-bond acceptors (Lipinski definition) is 5. The standard InChI is InChI=1S/C27H35F2N3O3/c1-18(2)31(15-23(33)17-34-27(4,5)6)16-25-19(3)30-32(22-12-10-20(28)11-13-22)26(25)35-24-9-7-8-21(29)14-24/h7-14,18,23,33H,15-17H2,1-6H3/t23-/m1/s1. The lowest BCUT2D eigenvalue weighted by atomic mass is 10.1. The summed E-state index contributed by atoms with van der Waals surface area (Å²) in [6.07, 6.45) is -0.684. The van der Waals surface area contributed by atoms with Gasteiger partial charge in [-0.05, 0) is 77.9 Å². The van der Waals surface area contributed by atoms with Crippen LogP contribution >= 0.6 is 0 Å². The molecule has 35 heavy (non-hydrogen) atoms. The minimum absolute atomic E-state index is 0.106. The highest BCUT2D eigenvalue weighted by Gasteiger charge is 2.25. The number of benzene rings is 2. The molecule has 0 fully saturated rings. The molecule has 0 aliphatic carbocycles. The first-order valence-corrected chi connectivity index (χ1v) is 11.8. The van der Waals surface area contributed by atoms with Gasteiger partial charge in [-0.1, -0.05) is 6.07 Å². The number of aryl methyl sites for hydroxylation is 1. The Morgan fingerprint density at radius 1 is 1.06 bits per heavy atom. The number of aliphatic hydroxyl groups is 1. The van der Waals surface area contributed by atoms with Crippen LogP contribution in [0.2, 0.25) is 0 Å². The van der Waals surface area contributed by atoms with Crippen LogP contribution in [0.1, 0.15) is 45.9 Å². The summed E-state index contributed by atoms with van der Waals surface area (Å²) in [5.41, 5.74) is 1.77. The van der Waals surface area contributed by atoms with E-state index in [0.29, 0.717) is 36.1 Å². The van der Waals surface area contributed by atoms with E-state index in [1.54, 1.807) is 28.9 Å². The lowest BCUT2D eigenvalue weighted by molar-refractivity contribution is -0.0587. The van der Waals surface area contributed by atoms with Crippen molar-refractivity contribution in [3.05, 3.63) is 71.4 Å². The van der Waals surface area contributed by atoms with Gasteiger partial charge in [0, 0.05) is 25.2 Å². The second kappa shape index (κ2) is 11.3. The normalized spacial score (nSPS) is 13.0. The first-order chi connectivity index (χ1) is 16.4. The molecule has 0 saturated heterocycles. The van der Waals surface area contributed by atoms with E-state index in [2.05, 4.69) is 10.00 Å². The molecule has 0 saturated carbocycles. The number of hydrogen-bond donors (Lipinski definition) is 1. The van der Waals surface area contributed by atoms with Crippen molar-refractivity contribution in [3.8, 4) is 17.3 Å². The second-order valence-corrected chi connectivity index (χ2v) is 9.92. The maximum atomic E-state index is 13.9. The van der Waals surface area contributed by atoms with Gasteiger partial charge in [-0.15, -0.1) is 0 Å². The van der Waals surface area contributed by atoms with Crippen LogP contribution in [0.25, 0.3) is 5.69 Å². The summed E-state index contributed by atoms with van der Waals surface area (Å²) in [7, 11) is 0. The zero-order valence-electron chi connectivity index (χ0n) is 21.3. The van der Waals surface area contributed by atoms with Crippen molar-refractivity contribution in [2.24, 2.45) is 0 Å². The first-order valence-electron chi connectivity index (χ1n) is 11.8. The molecule has 0 unspecified atom stereocenters. The van der Waals surface area contributed by atoms with E-state index < -0.39 is 11.9 Å². The van der Waals surface area contributed by atoms with Gasteiger partial charge in [0.05, 0.1) is 35.3 Å². The molecule has 0 bridgehead atoms. The summed E-state index contributed by atoms with van der Waals surface area (Å²) in [5.74, 6) is -0.0442. The summed E-state index contributed by atoms with van der Waals surface area (Å²) in [6, 6.07) is 11.9. The fourth-order valence-corrected chi connectivity index (χ4v) is 3.56. The second-order valence-electron chi connectivity index (χ2n) is 9.92. The van der Waals surface area contributed by atoms with Crippen molar-refractivity contribution >= 4 is 0 Å². The highest BCUT2D eigenvalue weighted by Crippen LogP contribution is 2.32. The van der Waals surface area contributed by atoms with Crippen molar-refractivity contribution < 1.29 is 23.4 Å². The van der Waals surface area contributed by atoms with Crippen molar-refractivity contribution in [1.29, 1.82) is 0 Å². The van der Waals surface area contributed by atoms with E-state index in [1.165, 1.54) is 24.3 Å². The molecule has 0 amide bonds. The Labute approximate surface area is 206 Å². The van der Waals surface area contributed by atoms with Gasteiger partial charge in [-0.3, -0.25) is 4.90 Å². The third-order valence-corrected chi connectivity index (χ3v) is 5.46. The minimum atomic E-state index is -0.684. The van der Waals surface area contributed by atoms with Gasteiger partial charge in [0.1, 0.15) is 17.4 Å². The molecule has 0 aliphatic rings. The van der Waals surface area contributed by atoms with Crippen LogP contribution in [-0.2, 0) is 11.3 Å². The average Bonchev–Trinajstić information content (AvgIpc) is 3.07. The maximum absolute atomic E-state index is 13.9. The Bertz CT molecular complexity index is 1110. The molecule has 0 spiro atoms. The van der Waals surface area contributed by atoms with Gasteiger partial charge in [0.15, 0.2) is 0 Å². The summed E-state index contributed by atoms with van der Waals surface area (Å²) in [4.78, 5) is 2.11. The topological polar surface area (TPSA) is 59.8 Å². The number of halogens is 2. The summed E-state index contributed by atoms with van der Waals surface area (Å²) in [5, 5.41) is 15.3. The van der Waals surface area contributed by atoms with Crippen molar-refractivity contribution in [2.45, 2.75) is 65.8 Å². The number of aliphatic hydroxyl groups excluding tert-OH is 1. The van der Waals surface area contributed by atoms with Gasteiger partial charge in [-0.2, -0.15) is 5.10 Å². The van der Waals surface area contributed by atoms with Crippen LogP contribution in [0, 0.1) is 18.6 Å². The van der Waals surface area contributed by atoms with Crippen LogP contribution < -0.4 is 4.74 Å². The molecule has 0 radical (unpaired) electrons. The molecular weight excluding hydrogens is 452 g/mol. The van der Waals surface area contributed by atoms with Gasteiger partial charge in [0.2, 0.25) is 5.88 Å². The van der Waals surface area contributed by atoms with Crippen LogP contribution in [0.5, 0.6) is 11.6 Å². The Morgan fingerprint density at radius 3 is 2.34 bits per heavy atom. The fourth-order valence-electron chi connectivity index (χ4n) is 3.56. The molecule has 8 heteroatoms. The lowest BCUT2D eigenvalue weighted by Crippen LogP contribution is -2.40. The van der Waals surface area contributed by atoms with E-state index in [-0.39, 0.29) is 24.1 Å². The van der Waals surface area contributed by atoms with E-state index >= 15 is 0 Å². The first kappa shape index (κ1) is 26.8. The quantitative estimate of drug-likeness (QED) is 0.401. The molecule has 0 aliphatic heterocycles. The number of rotatable bonds is 10. The number of aromatic nitrogens is 2. The van der Waals surface area contributed by atoms with Crippen molar-refractivity contribution in [1.82, 2.24) is 14.7 Å². The monoisotopic (exact) mass is 487 g/mol.